The topological polar surface area (TPSA) is 83.8 Å². The van der Waals surface area contributed by atoms with Crippen molar-refractivity contribution >= 4 is 40.9 Å². The van der Waals surface area contributed by atoms with E-state index in [4.69, 9.17) is 0 Å². The van der Waals surface area contributed by atoms with Crippen LogP contribution in [0, 0.1) is 11.3 Å². The monoisotopic (exact) mass is 428 g/mol. The third kappa shape index (κ3) is 4.04. The van der Waals surface area contributed by atoms with Crippen LogP contribution in [0.15, 0.2) is 41.6 Å². The minimum atomic E-state index is 0.0117. The van der Waals surface area contributed by atoms with Crippen LogP contribution in [0.3, 0.4) is 0 Å². The molecule has 0 fully saturated rings. The molecule has 164 valence electrons. The summed E-state index contributed by atoms with van der Waals surface area (Å²) in [4.78, 5) is 14.5. The lowest BCUT2D eigenvalue weighted by atomic mass is 9.92. The Morgan fingerprint density at radius 2 is 2.19 bits per heavy atom. The van der Waals surface area contributed by atoms with Gasteiger partial charge in [-0.25, -0.2) is 0 Å². The molecule has 2 N–H and O–H groups in total. The molecular formula is C25H28N6O. The third-order valence-electron chi connectivity index (χ3n) is 5.98. The Hall–Kier alpha value is -3.79. The zero-order chi connectivity index (χ0) is 22.8. The number of amides is 1. The molecule has 2 aromatic rings. The number of carbonyl (C=O) groups is 1. The van der Waals surface area contributed by atoms with Crippen molar-refractivity contribution in [3.63, 3.8) is 0 Å². The molecule has 1 amide bonds. The molecule has 4 rings (SSSR count). The van der Waals surface area contributed by atoms with E-state index in [1.54, 1.807) is 5.01 Å². The van der Waals surface area contributed by atoms with E-state index in [1.165, 1.54) is 5.56 Å². The number of benzene rings is 2. The Balaban J connectivity index is 1.82. The largest absolute Gasteiger partial charge is 0.379 e. The van der Waals surface area contributed by atoms with Crippen LogP contribution in [0.2, 0.25) is 0 Å². The number of rotatable bonds is 4. The average Bonchev–Trinajstić information content (AvgIpc) is 2.93. The van der Waals surface area contributed by atoms with E-state index in [0.29, 0.717) is 12.0 Å². The number of aryl methyl sites for hydroxylation is 1. The van der Waals surface area contributed by atoms with Crippen molar-refractivity contribution in [2.45, 2.75) is 39.2 Å². The molecule has 0 aromatic heterocycles. The average molecular weight is 429 g/mol. The van der Waals surface area contributed by atoms with Gasteiger partial charge in [-0.15, -0.1) is 0 Å². The van der Waals surface area contributed by atoms with Gasteiger partial charge in [-0.3, -0.25) is 9.80 Å². The maximum absolute atomic E-state index is 12.2. The van der Waals surface area contributed by atoms with Gasteiger partial charge in [-0.2, -0.15) is 10.4 Å². The number of allylic oxidation sites excluding steroid dienone is 1. The van der Waals surface area contributed by atoms with Crippen LogP contribution >= 0.6 is 0 Å². The van der Waals surface area contributed by atoms with E-state index in [9.17, 15) is 10.1 Å². The first kappa shape index (κ1) is 21.4. The number of nitriles is 1. The van der Waals surface area contributed by atoms with Crippen LogP contribution in [0.4, 0.5) is 22.7 Å². The molecule has 0 radical (unpaired) electrons. The first-order chi connectivity index (χ1) is 15.4. The van der Waals surface area contributed by atoms with Crippen molar-refractivity contribution in [2.24, 2.45) is 5.10 Å². The minimum Gasteiger partial charge on any atom is -0.379 e. The standard InChI is InChI=1S/C25H28N6O/c1-16(15-30(4)27-3)20-12-18-7-6-10-31(23(18)13-19(20)14-26)22-9-5-8-21-25(22)28-17(2)11-24(32)29-21/h5,8-9,12-13,15,17,28H,3,6-7,10-11H2,1-2,4H3,(H,29,32)/b16-15+/t17-/m1/s1. The number of nitrogens with one attached hydrogen (secondary N) is 2. The number of hydrogen-bond acceptors (Lipinski definition) is 6. The highest BCUT2D eigenvalue weighted by molar-refractivity contribution is 6.00. The summed E-state index contributed by atoms with van der Waals surface area (Å²) >= 11 is 0. The van der Waals surface area contributed by atoms with E-state index >= 15 is 0 Å². The van der Waals surface area contributed by atoms with Gasteiger partial charge in [-0.05, 0) is 67.7 Å². The Morgan fingerprint density at radius 3 is 2.94 bits per heavy atom. The van der Waals surface area contributed by atoms with Crippen LogP contribution in [-0.4, -0.2) is 37.3 Å². The molecular weight excluding hydrogens is 400 g/mol. The number of hydrogen-bond donors (Lipinski definition) is 2. The van der Waals surface area contributed by atoms with Crippen LogP contribution in [-0.2, 0) is 11.2 Å². The fourth-order valence-corrected chi connectivity index (χ4v) is 4.49. The van der Waals surface area contributed by atoms with Gasteiger partial charge in [0.05, 0.1) is 28.7 Å². The van der Waals surface area contributed by atoms with Gasteiger partial charge in [0.25, 0.3) is 0 Å². The fourth-order valence-electron chi connectivity index (χ4n) is 4.49. The van der Waals surface area contributed by atoms with E-state index in [1.807, 2.05) is 45.3 Å². The Bertz CT molecular complexity index is 1150. The van der Waals surface area contributed by atoms with Gasteiger partial charge in [0.2, 0.25) is 5.91 Å². The molecule has 0 spiro atoms. The lowest BCUT2D eigenvalue weighted by Gasteiger charge is -2.34. The van der Waals surface area contributed by atoms with Crippen molar-refractivity contribution in [2.75, 3.05) is 29.1 Å². The molecule has 0 bridgehead atoms. The Labute approximate surface area is 189 Å². The maximum Gasteiger partial charge on any atom is 0.226 e. The molecule has 2 aliphatic rings. The van der Waals surface area contributed by atoms with Crippen molar-refractivity contribution in [3.05, 3.63) is 53.2 Å². The summed E-state index contributed by atoms with van der Waals surface area (Å²) in [5, 5.41) is 22.0. The number of carbonyl (C=O) groups excluding carboxylic acids is 1. The van der Waals surface area contributed by atoms with Gasteiger partial charge in [-0.1, -0.05) is 6.07 Å². The molecule has 7 heteroatoms. The quantitative estimate of drug-likeness (QED) is 0.545. The van der Waals surface area contributed by atoms with Crippen LogP contribution in [0.1, 0.15) is 43.4 Å². The summed E-state index contributed by atoms with van der Waals surface area (Å²) in [6.45, 7) is 8.38. The number of nitrogens with zero attached hydrogens (tertiary/aromatic N) is 4. The lowest BCUT2D eigenvalue weighted by molar-refractivity contribution is -0.116. The fraction of sp³-hybridized carbons (Fsp3) is 0.320. The Kier molecular flexibility index (Phi) is 5.87. The van der Waals surface area contributed by atoms with E-state index < -0.39 is 0 Å². The molecule has 2 aromatic carbocycles. The predicted molar refractivity (Wildman–Crippen MR) is 130 cm³/mol. The van der Waals surface area contributed by atoms with E-state index in [2.05, 4.69) is 45.6 Å². The van der Waals surface area contributed by atoms with E-state index in [0.717, 1.165) is 53.3 Å². The van der Waals surface area contributed by atoms with Crippen LogP contribution in [0.5, 0.6) is 0 Å². The van der Waals surface area contributed by atoms with Crippen molar-refractivity contribution < 1.29 is 4.79 Å². The van der Waals surface area contributed by atoms with Gasteiger partial charge < -0.3 is 15.5 Å². The molecule has 2 heterocycles. The first-order valence-electron chi connectivity index (χ1n) is 10.8. The minimum absolute atomic E-state index is 0.0117. The van der Waals surface area contributed by atoms with Crippen LogP contribution < -0.4 is 15.5 Å². The predicted octanol–water partition coefficient (Wildman–Crippen LogP) is 4.69. The van der Waals surface area contributed by atoms with Gasteiger partial charge in [0, 0.05) is 44.7 Å². The lowest BCUT2D eigenvalue weighted by Crippen LogP contribution is -2.26. The molecule has 7 nitrogen and oxygen atoms in total. The Morgan fingerprint density at radius 1 is 1.38 bits per heavy atom. The highest BCUT2D eigenvalue weighted by atomic mass is 16.1. The van der Waals surface area contributed by atoms with E-state index in [-0.39, 0.29) is 11.9 Å². The summed E-state index contributed by atoms with van der Waals surface area (Å²) < 4.78 is 0. The normalized spacial score (nSPS) is 17.8. The SMILES string of the molecule is C=NN(C)/C=C(\C)c1cc2c(cc1C#N)N(c1cccc3c1N[C@H](C)CC(=O)N3)CCC2. The second-order valence-corrected chi connectivity index (χ2v) is 8.42. The molecule has 0 aliphatic carbocycles. The maximum atomic E-state index is 12.2. The van der Waals surface area contributed by atoms with Gasteiger partial charge >= 0.3 is 0 Å². The van der Waals surface area contributed by atoms with Gasteiger partial charge in [0.1, 0.15) is 0 Å². The third-order valence-corrected chi connectivity index (χ3v) is 5.98. The summed E-state index contributed by atoms with van der Waals surface area (Å²) in [5.41, 5.74) is 7.47. The molecule has 0 saturated carbocycles. The highest BCUT2D eigenvalue weighted by Gasteiger charge is 2.26. The number of hydrazone groups is 1. The van der Waals surface area contributed by atoms with Crippen molar-refractivity contribution in [1.82, 2.24) is 5.01 Å². The molecule has 0 saturated heterocycles. The molecule has 32 heavy (non-hydrogen) atoms. The van der Waals surface area contributed by atoms with Crippen molar-refractivity contribution in [1.29, 1.82) is 5.26 Å². The number of anilines is 4. The molecule has 1 atom stereocenters. The zero-order valence-electron chi connectivity index (χ0n) is 18.8. The van der Waals surface area contributed by atoms with Gasteiger partial charge in [0.15, 0.2) is 0 Å². The van der Waals surface area contributed by atoms with Crippen LogP contribution in [0.25, 0.3) is 5.57 Å². The molecule has 2 aliphatic heterocycles. The second kappa shape index (κ2) is 8.75. The van der Waals surface area contributed by atoms with Crippen molar-refractivity contribution in [3.8, 4) is 6.07 Å². The molecule has 0 unspecified atom stereocenters. The smallest absolute Gasteiger partial charge is 0.226 e. The zero-order valence-corrected chi connectivity index (χ0v) is 18.8. The summed E-state index contributed by atoms with van der Waals surface area (Å²) in [7, 11) is 1.82. The summed E-state index contributed by atoms with van der Waals surface area (Å²) in [6.07, 6.45) is 4.25. The number of para-hydroxylation sites is 1. The summed E-state index contributed by atoms with van der Waals surface area (Å²) in [6, 6.07) is 12.5. The second-order valence-electron chi connectivity index (χ2n) is 8.42. The number of fused-ring (bicyclic) bond motifs is 2. The first-order valence-corrected chi connectivity index (χ1v) is 10.8. The highest BCUT2D eigenvalue weighted by Crippen LogP contribution is 2.43. The summed E-state index contributed by atoms with van der Waals surface area (Å²) in [5.74, 6) is 0.0117.